The second kappa shape index (κ2) is 9.93. The SMILES string of the molecule is CCNC(=NCc1cnn(-c2ccccc2)c1)NCc1ccc(N2CCCC2=O)cc1. The number of para-hydroxylation sites is 1. The first-order valence-electron chi connectivity index (χ1n) is 10.7. The van der Waals surface area contributed by atoms with Crippen LogP contribution in [0.4, 0.5) is 5.69 Å². The molecule has 1 saturated heterocycles. The van der Waals surface area contributed by atoms with E-state index in [4.69, 9.17) is 0 Å². The van der Waals surface area contributed by atoms with Crippen LogP contribution in [0.15, 0.2) is 72.0 Å². The molecule has 7 nitrogen and oxygen atoms in total. The van der Waals surface area contributed by atoms with Crippen molar-refractivity contribution in [1.82, 2.24) is 20.4 Å². The Hall–Kier alpha value is -3.61. The fourth-order valence-electron chi connectivity index (χ4n) is 3.58. The smallest absolute Gasteiger partial charge is 0.227 e. The lowest BCUT2D eigenvalue weighted by atomic mass is 10.2. The number of amides is 1. The van der Waals surface area contributed by atoms with Crippen LogP contribution in [-0.4, -0.2) is 34.7 Å². The number of carbonyl (C=O) groups excluding carboxylic acids is 1. The molecule has 31 heavy (non-hydrogen) atoms. The van der Waals surface area contributed by atoms with Gasteiger partial charge >= 0.3 is 0 Å². The topological polar surface area (TPSA) is 74.6 Å². The fourth-order valence-corrected chi connectivity index (χ4v) is 3.58. The van der Waals surface area contributed by atoms with Crippen LogP contribution in [0.25, 0.3) is 5.69 Å². The van der Waals surface area contributed by atoms with Gasteiger partial charge in [-0.2, -0.15) is 5.10 Å². The molecule has 2 N–H and O–H groups in total. The molecule has 4 rings (SSSR count). The number of nitrogens with zero attached hydrogens (tertiary/aromatic N) is 4. The Bertz CT molecular complexity index is 1030. The first-order chi connectivity index (χ1) is 15.2. The number of carbonyl (C=O) groups is 1. The Balaban J connectivity index is 1.35. The van der Waals surface area contributed by atoms with Crippen LogP contribution in [-0.2, 0) is 17.9 Å². The Labute approximate surface area is 182 Å². The number of hydrogen-bond donors (Lipinski definition) is 2. The quantitative estimate of drug-likeness (QED) is 0.458. The molecule has 7 heteroatoms. The van der Waals surface area contributed by atoms with Crippen LogP contribution in [0.3, 0.4) is 0 Å². The summed E-state index contributed by atoms with van der Waals surface area (Å²) in [5, 5.41) is 11.1. The summed E-state index contributed by atoms with van der Waals surface area (Å²) in [7, 11) is 0. The Kier molecular flexibility index (Phi) is 6.62. The number of guanidine groups is 1. The summed E-state index contributed by atoms with van der Waals surface area (Å²) in [4.78, 5) is 18.4. The van der Waals surface area contributed by atoms with Gasteiger partial charge in [0, 0.05) is 43.5 Å². The summed E-state index contributed by atoms with van der Waals surface area (Å²) in [6.07, 6.45) is 5.43. The second-order valence-electron chi connectivity index (χ2n) is 7.49. The highest BCUT2D eigenvalue weighted by atomic mass is 16.2. The molecule has 1 aliphatic rings. The third-order valence-corrected chi connectivity index (χ3v) is 5.20. The predicted molar refractivity (Wildman–Crippen MR) is 123 cm³/mol. The summed E-state index contributed by atoms with van der Waals surface area (Å²) in [6, 6.07) is 18.2. The van der Waals surface area contributed by atoms with E-state index in [1.807, 2.05) is 71.4 Å². The molecule has 0 aliphatic carbocycles. The van der Waals surface area contributed by atoms with Gasteiger partial charge in [-0.3, -0.25) is 4.79 Å². The fraction of sp³-hybridized carbons (Fsp3) is 0.292. The Morgan fingerprint density at radius 3 is 2.55 bits per heavy atom. The largest absolute Gasteiger partial charge is 0.357 e. The number of benzene rings is 2. The molecule has 1 fully saturated rings. The van der Waals surface area contributed by atoms with Crippen LogP contribution >= 0.6 is 0 Å². The first-order valence-corrected chi connectivity index (χ1v) is 10.7. The average molecular weight is 417 g/mol. The van der Waals surface area contributed by atoms with Crippen molar-refractivity contribution in [3.63, 3.8) is 0 Å². The van der Waals surface area contributed by atoms with Crippen LogP contribution in [0.5, 0.6) is 0 Å². The maximum absolute atomic E-state index is 11.9. The van der Waals surface area contributed by atoms with Crippen LogP contribution < -0.4 is 15.5 Å². The molecule has 3 aromatic rings. The van der Waals surface area contributed by atoms with E-state index in [0.717, 1.165) is 48.0 Å². The molecule has 160 valence electrons. The van der Waals surface area contributed by atoms with Crippen LogP contribution in [0.2, 0.25) is 0 Å². The van der Waals surface area contributed by atoms with Crippen LogP contribution in [0, 0.1) is 0 Å². The summed E-state index contributed by atoms with van der Waals surface area (Å²) >= 11 is 0. The molecule has 2 heterocycles. The molecule has 1 aliphatic heterocycles. The van der Waals surface area contributed by atoms with Crippen molar-refractivity contribution in [2.24, 2.45) is 4.99 Å². The minimum atomic E-state index is 0.211. The number of hydrogen-bond acceptors (Lipinski definition) is 3. The number of anilines is 1. The summed E-state index contributed by atoms with van der Waals surface area (Å²) in [6.45, 7) is 4.84. The molecule has 0 spiro atoms. The highest BCUT2D eigenvalue weighted by Gasteiger charge is 2.21. The van der Waals surface area contributed by atoms with E-state index in [1.165, 1.54) is 0 Å². The van der Waals surface area contributed by atoms with Crippen molar-refractivity contribution in [2.75, 3.05) is 18.0 Å². The summed E-state index contributed by atoms with van der Waals surface area (Å²) in [5.74, 6) is 0.969. The lowest BCUT2D eigenvalue weighted by Gasteiger charge is -2.16. The van der Waals surface area contributed by atoms with Gasteiger partial charge in [-0.1, -0.05) is 30.3 Å². The van der Waals surface area contributed by atoms with Gasteiger partial charge in [-0.15, -0.1) is 0 Å². The van der Waals surface area contributed by atoms with Crippen LogP contribution in [0.1, 0.15) is 30.9 Å². The molecule has 2 aromatic carbocycles. The van der Waals surface area contributed by atoms with Gasteiger partial charge in [0.25, 0.3) is 0 Å². The van der Waals surface area contributed by atoms with Crippen molar-refractivity contribution in [3.05, 3.63) is 78.1 Å². The molecule has 0 bridgehead atoms. The molecule has 0 radical (unpaired) electrons. The minimum absolute atomic E-state index is 0.211. The molecule has 0 saturated carbocycles. The van der Waals surface area contributed by atoms with Crippen molar-refractivity contribution < 1.29 is 4.79 Å². The van der Waals surface area contributed by atoms with Gasteiger partial charge < -0.3 is 15.5 Å². The van der Waals surface area contributed by atoms with Crippen molar-refractivity contribution >= 4 is 17.6 Å². The lowest BCUT2D eigenvalue weighted by Crippen LogP contribution is -2.36. The lowest BCUT2D eigenvalue weighted by molar-refractivity contribution is -0.117. The van der Waals surface area contributed by atoms with Gasteiger partial charge in [0.05, 0.1) is 18.4 Å². The van der Waals surface area contributed by atoms with Gasteiger partial charge in [-0.05, 0) is 43.2 Å². The molecule has 1 amide bonds. The maximum atomic E-state index is 11.9. The van der Waals surface area contributed by atoms with Gasteiger partial charge in [-0.25, -0.2) is 9.67 Å². The Morgan fingerprint density at radius 1 is 1.03 bits per heavy atom. The normalized spacial score (nSPS) is 14.2. The predicted octanol–water partition coefficient (Wildman–Crippen LogP) is 3.25. The Morgan fingerprint density at radius 2 is 1.84 bits per heavy atom. The van der Waals surface area contributed by atoms with E-state index in [-0.39, 0.29) is 5.91 Å². The van der Waals surface area contributed by atoms with Crippen molar-refractivity contribution in [2.45, 2.75) is 32.9 Å². The van der Waals surface area contributed by atoms with E-state index in [1.54, 1.807) is 0 Å². The number of aromatic nitrogens is 2. The third kappa shape index (κ3) is 5.31. The zero-order valence-corrected chi connectivity index (χ0v) is 17.8. The molecule has 1 aromatic heterocycles. The van der Waals surface area contributed by atoms with Crippen molar-refractivity contribution in [1.29, 1.82) is 0 Å². The molecular formula is C24H28N6O. The second-order valence-corrected chi connectivity index (χ2v) is 7.49. The monoisotopic (exact) mass is 416 g/mol. The molecular weight excluding hydrogens is 388 g/mol. The van der Waals surface area contributed by atoms with E-state index in [0.29, 0.717) is 19.5 Å². The number of aliphatic imine (C=N–C) groups is 1. The minimum Gasteiger partial charge on any atom is -0.357 e. The van der Waals surface area contributed by atoms with Gasteiger partial charge in [0.1, 0.15) is 0 Å². The number of rotatable bonds is 7. The van der Waals surface area contributed by atoms with E-state index >= 15 is 0 Å². The average Bonchev–Trinajstić information content (AvgIpc) is 3.46. The van der Waals surface area contributed by atoms with Crippen molar-refractivity contribution in [3.8, 4) is 5.69 Å². The van der Waals surface area contributed by atoms with Gasteiger partial charge in [0.15, 0.2) is 5.96 Å². The maximum Gasteiger partial charge on any atom is 0.227 e. The molecule has 0 unspecified atom stereocenters. The highest BCUT2D eigenvalue weighted by Crippen LogP contribution is 2.21. The zero-order chi connectivity index (χ0) is 21.5. The third-order valence-electron chi connectivity index (χ3n) is 5.20. The van der Waals surface area contributed by atoms with E-state index < -0.39 is 0 Å². The van der Waals surface area contributed by atoms with E-state index in [2.05, 4.69) is 32.9 Å². The van der Waals surface area contributed by atoms with E-state index in [9.17, 15) is 4.79 Å². The summed E-state index contributed by atoms with van der Waals surface area (Å²) < 4.78 is 1.86. The zero-order valence-electron chi connectivity index (χ0n) is 17.8. The standard InChI is InChI=1S/C24H28N6O/c1-2-25-24(27-16-20-17-28-30(18-20)22-7-4-3-5-8-22)26-15-19-10-12-21(13-11-19)29-14-6-9-23(29)31/h3-5,7-8,10-13,17-18H,2,6,9,14-16H2,1H3,(H2,25,26,27). The summed E-state index contributed by atoms with van der Waals surface area (Å²) in [5.41, 5.74) is 4.18. The highest BCUT2D eigenvalue weighted by molar-refractivity contribution is 5.95. The molecule has 0 atom stereocenters. The van der Waals surface area contributed by atoms with Gasteiger partial charge in [0.2, 0.25) is 5.91 Å². The first kappa shape index (κ1) is 20.7. The number of nitrogens with one attached hydrogen (secondary N) is 2.